The number of ether oxygens (including phenoxy) is 3. The lowest BCUT2D eigenvalue weighted by atomic mass is 9.75. The number of carbonyl (C=O) groups is 3. The van der Waals surface area contributed by atoms with Crippen LogP contribution in [0.15, 0.2) is 64.8 Å². The van der Waals surface area contributed by atoms with Gasteiger partial charge in [0.1, 0.15) is 11.7 Å². The molecule has 0 bridgehead atoms. The van der Waals surface area contributed by atoms with Gasteiger partial charge in [-0.25, -0.2) is 9.59 Å². The molecule has 37 heavy (non-hydrogen) atoms. The van der Waals surface area contributed by atoms with Crippen molar-refractivity contribution in [3.63, 3.8) is 0 Å². The third-order valence-corrected chi connectivity index (χ3v) is 5.85. The van der Waals surface area contributed by atoms with Crippen molar-refractivity contribution in [3.8, 4) is 5.75 Å². The number of allylic oxidation sites excluding steroid dienone is 1. The van der Waals surface area contributed by atoms with Crippen LogP contribution >= 0.6 is 0 Å². The highest BCUT2D eigenvalue weighted by Gasteiger charge is 2.42. The zero-order chi connectivity index (χ0) is 27.1. The molecule has 0 fully saturated rings. The summed E-state index contributed by atoms with van der Waals surface area (Å²) in [5, 5.41) is 20.1. The molecule has 0 amide bonds. The van der Waals surface area contributed by atoms with Gasteiger partial charge >= 0.3 is 17.9 Å². The Morgan fingerprint density at radius 1 is 1.11 bits per heavy atom. The molecular formula is C26H26N2O9. The number of nitro groups is 1. The Hall–Kier alpha value is -4.54. The Balaban J connectivity index is 1.82. The van der Waals surface area contributed by atoms with Gasteiger partial charge in [0.05, 0.1) is 24.2 Å². The monoisotopic (exact) mass is 510 g/mol. The molecule has 2 unspecified atom stereocenters. The molecule has 11 nitrogen and oxygen atoms in total. The third kappa shape index (κ3) is 6.57. The summed E-state index contributed by atoms with van der Waals surface area (Å²) in [5.41, 5.74) is 1.92. The van der Waals surface area contributed by atoms with Crippen molar-refractivity contribution in [2.75, 3.05) is 20.3 Å². The number of nitro benzene ring substituents is 1. The van der Waals surface area contributed by atoms with Gasteiger partial charge in [0.2, 0.25) is 0 Å². The largest absolute Gasteiger partial charge is 0.482 e. The Labute approximate surface area is 212 Å². The van der Waals surface area contributed by atoms with E-state index in [1.165, 1.54) is 25.3 Å². The van der Waals surface area contributed by atoms with E-state index in [2.05, 4.69) is 4.99 Å². The zero-order valence-corrected chi connectivity index (χ0v) is 20.5. The fourth-order valence-corrected chi connectivity index (χ4v) is 4.16. The maximum atomic E-state index is 13.3. The molecule has 1 heterocycles. The number of carbonyl (C=O) groups excluding carboxylic acids is 2. The van der Waals surface area contributed by atoms with Crippen LogP contribution in [0, 0.1) is 16.0 Å². The molecule has 0 saturated heterocycles. The molecule has 2 atom stereocenters. The van der Waals surface area contributed by atoms with Gasteiger partial charge in [0.15, 0.2) is 6.61 Å². The average Bonchev–Trinajstić information content (AvgIpc) is 2.87. The number of methoxy groups -OCH3 is 1. The first-order valence-corrected chi connectivity index (χ1v) is 11.3. The molecular weight excluding hydrogens is 484 g/mol. The molecule has 2 aromatic rings. The fourth-order valence-electron chi connectivity index (χ4n) is 4.16. The van der Waals surface area contributed by atoms with Crippen molar-refractivity contribution in [2.45, 2.75) is 26.2 Å². The fraction of sp³-hybridized carbons (Fsp3) is 0.308. The van der Waals surface area contributed by atoms with E-state index in [1.54, 1.807) is 44.2 Å². The normalized spacial score (nSPS) is 17.0. The van der Waals surface area contributed by atoms with Gasteiger partial charge in [0, 0.05) is 35.9 Å². The SMILES string of the molecule is COC(=O)C1C(C)=NC(C)=C(C(=O)OCCc2ccc(OCC(=O)O)cc2)C1c1cccc([N+](=O)[O-])c1. The van der Waals surface area contributed by atoms with Crippen LogP contribution in [0.3, 0.4) is 0 Å². The quantitative estimate of drug-likeness (QED) is 0.287. The van der Waals surface area contributed by atoms with Crippen molar-refractivity contribution in [1.29, 1.82) is 0 Å². The predicted octanol–water partition coefficient (Wildman–Crippen LogP) is 3.47. The Morgan fingerprint density at radius 2 is 1.81 bits per heavy atom. The molecule has 0 spiro atoms. The van der Waals surface area contributed by atoms with Crippen molar-refractivity contribution in [3.05, 3.63) is 81.0 Å². The second-order valence-electron chi connectivity index (χ2n) is 8.30. The molecule has 11 heteroatoms. The highest BCUT2D eigenvalue weighted by molar-refractivity contribution is 6.07. The number of nitrogens with zero attached hydrogens (tertiary/aromatic N) is 2. The van der Waals surface area contributed by atoms with Crippen LogP contribution in [0.25, 0.3) is 0 Å². The summed E-state index contributed by atoms with van der Waals surface area (Å²) in [6.45, 7) is 2.82. The van der Waals surface area contributed by atoms with Crippen molar-refractivity contribution < 1.29 is 38.6 Å². The standard InChI is InChI=1S/C26H26N2O9/c1-15-22(25(31)35-3)24(18-5-4-6-19(13-18)28(33)34)23(16(2)27-15)26(32)36-12-11-17-7-9-20(10-8-17)37-14-21(29)30/h4-10,13,22,24H,11-12,14H2,1-3H3,(H,29,30). The summed E-state index contributed by atoms with van der Waals surface area (Å²) in [6.07, 6.45) is 0.363. The number of aliphatic imine (C=N–C) groups is 1. The van der Waals surface area contributed by atoms with Gasteiger partial charge in [-0.05, 0) is 37.1 Å². The predicted molar refractivity (Wildman–Crippen MR) is 131 cm³/mol. The summed E-state index contributed by atoms with van der Waals surface area (Å²) >= 11 is 0. The van der Waals surface area contributed by atoms with Crippen LogP contribution in [0.5, 0.6) is 5.75 Å². The molecule has 1 N–H and O–H groups in total. The number of non-ortho nitro benzene ring substituents is 1. The lowest BCUT2D eigenvalue weighted by Gasteiger charge is -2.31. The van der Waals surface area contributed by atoms with Crippen LogP contribution in [0.2, 0.25) is 0 Å². The van der Waals surface area contributed by atoms with E-state index >= 15 is 0 Å². The van der Waals surface area contributed by atoms with E-state index in [9.17, 15) is 24.5 Å². The van der Waals surface area contributed by atoms with Crippen LogP contribution in [-0.2, 0) is 30.3 Å². The van der Waals surface area contributed by atoms with Gasteiger partial charge in [0.25, 0.3) is 5.69 Å². The lowest BCUT2D eigenvalue weighted by molar-refractivity contribution is -0.384. The molecule has 1 aliphatic rings. The van der Waals surface area contributed by atoms with Gasteiger partial charge in [-0.1, -0.05) is 24.3 Å². The molecule has 3 rings (SSSR count). The van der Waals surface area contributed by atoms with E-state index in [-0.39, 0.29) is 17.9 Å². The summed E-state index contributed by atoms with van der Waals surface area (Å²) in [4.78, 5) is 51.8. The lowest BCUT2D eigenvalue weighted by Crippen LogP contribution is -2.36. The van der Waals surface area contributed by atoms with Crippen LogP contribution in [0.1, 0.15) is 30.9 Å². The molecule has 194 valence electrons. The van der Waals surface area contributed by atoms with E-state index in [0.29, 0.717) is 29.1 Å². The Bertz CT molecular complexity index is 1270. The Kier molecular flexibility index (Phi) is 8.72. The van der Waals surface area contributed by atoms with Crippen molar-refractivity contribution in [2.24, 2.45) is 10.9 Å². The minimum atomic E-state index is -1.08. The minimum Gasteiger partial charge on any atom is -0.482 e. The van der Waals surface area contributed by atoms with E-state index in [0.717, 1.165) is 5.56 Å². The summed E-state index contributed by atoms with van der Waals surface area (Å²) in [6, 6.07) is 12.4. The first-order chi connectivity index (χ1) is 17.6. The second kappa shape index (κ2) is 11.9. The molecule has 2 aromatic carbocycles. The first-order valence-electron chi connectivity index (χ1n) is 11.3. The topological polar surface area (TPSA) is 155 Å². The van der Waals surface area contributed by atoms with Gasteiger partial charge in [-0.2, -0.15) is 0 Å². The van der Waals surface area contributed by atoms with Gasteiger partial charge in [-0.3, -0.25) is 19.9 Å². The first kappa shape index (κ1) is 27.1. The number of hydrogen-bond acceptors (Lipinski definition) is 9. The van der Waals surface area contributed by atoms with Crippen molar-refractivity contribution in [1.82, 2.24) is 0 Å². The number of aliphatic carboxylic acids is 1. The van der Waals surface area contributed by atoms with Crippen LogP contribution in [-0.4, -0.2) is 54.0 Å². The van der Waals surface area contributed by atoms with E-state index in [4.69, 9.17) is 19.3 Å². The van der Waals surface area contributed by atoms with Crippen LogP contribution in [0.4, 0.5) is 5.69 Å². The number of rotatable bonds is 10. The summed E-state index contributed by atoms with van der Waals surface area (Å²) in [7, 11) is 1.22. The second-order valence-corrected chi connectivity index (χ2v) is 8.30. The third-order valence-electron chi connectivity index (χ3n) is 5.85. The van der Waals surface area contributed by atoms with Gasteiger partial charge < -0.3 is 19.3 Å². The van der Waals surface area contributed by atoms with Crippen LogP contribution < -0.4 is 4.74 Å². The molecule has 1 aliphatic heterocycles. The highest BCUT2D eigenvalue weighted by atomic mass is 16.6. The number of carboxylic acid groups (broad SMARTS) is 1. The highest BCUT2D eigenvalue weighted by Crippen LogP contribution is 2.40. The molecule has 0 radical (unpaired) electrons. The zero-order valence-electron chi connectivity index (χ0n) is 20.5. The van der Waals surface area contributed by atoms with E-state index < -0.39 is 41.3 Å². The average molecular weight is 510 g/mol. The number of hydrogen-bond donors (Lipinski definition) is 1. The van der Waals surface area contributed by atoms with Gasteiger partial charge in [-0.15, -0.1) is 0 Å². The number of benzene rings is 2. The molecule has 0 saturated carbocycles. The summed E-state index contributed by atoms with van der Waals surface area (Å²) < 4.78 is 15.6. The number of carboxylic acids is 1. The Morgan fingerprint density at radius 3 is 2.43 bits per heavy atom. The minimum absolute atomic E-state index is 0.0121. The maximum Gasteiger partial charge on any atom is 0.341 e. The van der Waals surface area contributed by atoms with E-state index in [1.807, 2.05) is 0 Å². The molecule has 0 aliphatic carbocycles. The maximum absolute atomic E-state index is 13.3. The molecule has 0 aromatic heterocycles. The smallest absolute Gasteiger partial charge is 0.341 e. The number of esters is 2. The van der Waals surface area contributed by atoms with Crippen molar-refractivity contribution >= 4 is 29.3 Å². The summed E-state index contributed by atoms with van der Waals surface area (Å²) in [5.74, 6) is -3.85.